The molecular weight excluding hydrogens is 384 g/mol. The topological polar surface area (TPSA) is 64.6 Å². The SMILES string of the molecule is C=C[Si](OC)(OC)OC.CCOC1(OCC)CCCC[Si]1(OCC)OCC. The zero-order valence-electron chi connectivity index (χ0n) is 18.3. The molecule has 0 aromatic rings. The molecule has 1 saturated heterocycles. The molecule has 9 heteroatoms. The van der Waals surface area contributed by atoms with E-state index in [2.05, 4.69) is 6.58 Å². The molecule has 1 fully saturated rings. The summed E-state index contributed by atoms with van der Waals surface area (Å²) in [7, 11) is -0.249. The predicted molar refractivity (Wildman–Crippen MR) is 111 cm³/mol. The van der Waals surface area contributed by atoms with Gasteiger partial charge >= 0.3 is 17.4 Å². The average Bonchev–Trinajstić information content (AvgIpc) is 2.68. The van der Waals surface area contributed by atoms with E-state index in [9.17, 15) is 0 Å². The van der Waals surface area contributed by atoms with Gasteiger partial charge in [-0.3, -0.25) is 0 Å². The van der Waals surface area contributed by atoms with Crippen LogP contribution in [-0.4, -0.2) is 70.5 Å². The van der Waals surface area contributed by atoms with Crippen LogP contribution in [0.3, 0.4) is 0 Å². The van der Waals surface area contributed by atoms with E-state index in [0.29, 0.717) is 26.4 Å². The Morgan fingerprint density at radius 2 is 1.33 bits per heavy atom. The van der Waals surface area contributed by atoms with Crippen LogP contribution in [0.1, 0.15) is 47.0 Å². The molecule has 0 saturated carbocycles. The summed E-state index contributed by atoms with van der Waals surface area (Å²) in [6.45, 7) is 14.2. The van der Waals surface area contributed by atoms with Gasteiger partial charge in [-0.15, -0.1) is 0 Å². The van der Waals surface area contributed by atoms with Crippen LogP contribution in [0.15, 0.2) is 12.3 Å². The summed E-state index contributed by atoms with van der Waals surface area (Å²) in [6.07, 6.45) is 3.16. The Labute approximate surface area is 167 Å². The van der Waals surface area contributed by atoms with Crippen molar-refractivity contribution in [2.24, 2.45) is 0 Å². The van der Waals surface area contributed by atoms with Gasteiger partial charge in [-0.2, -0.15) is 0 Å². The summed E-state index contributed by atoms with van der Waals surface area (Å²) in [5.41, 5.74) is 0.966. The molecule has 162 valence electrons. The van der Waals surface area contributed by atoms with Gasteiger partial charge in [-0.05, 0) is 45.9 Å². The van der Waals surface area contributed by atoms with E-state index in [4.69, 9.17) is 31.6 Å². The lowest BCUT2D eigenvalue weighted by Crippen LogP contribution is -2.67. The molecule has 0 aromatic heterocycles. The van der Waals surface area contributed by atoms with E-state index in [1.807, 2.05) is 27.7 Å². The molecule has 0 bridgehead atoms. The first kappa shape index (κ1) is 26.9. The van der Waals surface area contributed by atoms with Crippen LogP contribution in [0.5, 0.6) is 0 Å². The fourth-order valence-electron chi connectivity index (χ4n) is 3.34. The molecule has 0 radical (unpaired) electrons. The highest BCUT2D eigenvalue weighted by Gasteiger charge is 2.61. The van der Waals surface area contributed by atoms with Crippen molar-refractivity contribution in [1.82, 2.24) is 0 Å². The Hall–Kier alpha value is -0.106. The maximum atomic E-state index is 6.10. The van der Waals surface area contributed by atoms with Crippen molar-refractivity contribution in [3.8, 4) is 0 Å². The Bertz CT molecular complexity index is 337. The lowest BCUT2D eigenvalue weighted by atomic mass is 10.2. The van der Waals surface area contributed by atoms with E-state index in [1.54, 1.807) is 27.0 Å². The van der Waals surface area contributed by atoms with Gasteiger partial charge in [0, 0.05) is 54.2 Å². The largest absolute Gasteiger partial charge is 0.528 e. The van der Waals surface area contributed by atoms with Gasteiger partial charge in [0.1, 0.15) is 0 Å². The first-order valence-corrected chi connectivity index (χ1v) is 13.6. The molecule has 0 aliphatic carbocycles. The van der Waals surface area contributed by atoms with Gasteiger partial charge in [0.05, 0.1) is 0 Å². The Kier molecular flexibility index (Phi) is 13.9. The zero-order valence-corrected chi connectivity index (χ0v) is 20.3. The maximum absolute atomic E-state index is 6.10. The summed E-state index contributed by atoms with van der Waals surface area (Å²) in [6, 6.07) is 0.967. The zero-order chi connectivity index (χ0) is 20.8. The van der Waals surface area contributed by atoms with Crippen molar-refractivity contribution in [3.63, 3.8) is 0 Å². The second-order valence-electron chi connectivity index (χ2n) is 5.87. The van der Waals surface area contributed by atoms with Crippen LogP contribution >= 0.6 is 0 Å². The van der Waals surface area contributed by atoms with Crippen LogP contribution in [0.25, 0.3) is 0 Å². The van der Waals surface area contributed by atoms with Gasteiger partial charge in [0.15, 0.2) is 0 Å². The third-order valence-electron chi connectivity index (χ3n) is 4.46. The predicted octanol–water partition coefficient (Wildman–Crippen LogP) is 3.58. The first-order chi connectivity index (χ1) is 12.9. The molecule has 1 rings (SSSR count). The molecule has 0 unspecified atom stereocenters. The lowest BCUT2D eigenvalue weighted by Gasteiger charge is -2.48. The van der Waals surface area contributed by atoms with Crippen LogP contribution in [0.4, 0.5) is 0 Å². The second kappa shape index (κ2) is 14.0. The Morgan fingerprint density at radius 1 is 0.852 bits per heavy atom. The van der Waals surface area contributed by atoms with E-state index in [1.165, 1.54) is 0 Å². The number of hydrogen-bond donors (Lipinski definition) is 0. The number of ether oxygens (including phenoxy) is 2. The van der Waals surface area contributed by atoms with Crippen LogP contribution < -0.4 is 0 Å². The third-order valence-corrected chi connectivity index (χ3v) is 10.9. The average molecular weight is 425 g/mol. The number of rotatable bonds is 12. The van der Waals surface area contributed by atoms with Crippen molar-refractivity contribution in [3.05, 3.63) is 12.3 Å². The molecule has 0 aromatic carbocycles. The molecule has 27 heavy (non-hydrogen) atoms. The summed E-state index contributed by atoms with van der Waals surface area (Å²) in [4.78, 5) is 0. The van der Waals surface area contributed by atoms with Crippen molar-refractivity contribution in [1.29, 1.82) is 0 Å². The summed E-state index contributed by atoms with van der Waals surface area (Å²) in [5.74, 6) is 0. The fourth-order valence-corrected chi connectivity index (χ4v) is 8.47. The van der Waals surface area contributed by atoms with Crippen molar-refractivity contribution in [2.75, 3.05) is 47.8 Å². The van der Waals surface area contributed by atoms with Gasteiger partial charge < -0.3 is 31.6 Å². The van der Waals surface area contributed by atoms with Gasteiger partial charge in [-0.25, -0.2) is 0 Å². The van der Waals surface area contributed by atoms with Gasteiger partial charge in [0.25, 0.3) is 0 Å². The molecule has 1 heterocycles. The quantitative estimate of drug-likeness (QED) is 0.350. The minimum absolute atomic E-state index is 0.610. The molecular formula is C18H40O7Si2. The van der Waals surface area contributed by atoms with Gasteiger partial charge in [0.2, 0.25) is 5.41 Å². The molecule has 1 aliphatic rings. The maximum Gasteiger partial charge on any atom is 0.528 e. The molecule has 0 amide bonds. The van der Waals surface area contributed by atoms with Crippen molar-refractivity contribution >= 4 is 17.4 Å². The van der Waals surface area contributed by atoms with Crippen LogP contribution in [-0.2, 0) is 31.6 Å². The second-order valence-corrected chi connectivity index (χ2v) is 12.1. The highest BCUT2D eigenvalue weighted by molar-refractivity contribution is 6.70. The smallest absolute Gasteiger partial charge is 0.392 e. The molecule has 0 N–H and O–H groups in total. The van der Waals surface area contributed by atoms with E-state index in [-0.39, 0.29) is 0 Å². The normalized spacial score (nSPS) is 18.5. The summed E-state index contributed by atoms with van der Waals surface area (Å²) in [5, 5.41) is 0. The minimum atomic E-state index is -2.45. The van der Waals surface area contributed by atoms with Crippen molar-refractivity contribution in [2.45, 2.75) is 58.4 Å². The minimum Gasteiger partial charge on any atom is -0.392 e. The van der Waals surface area contributed by atoms with E-state index in [0.717, 1.165) is 25.3 Å². The molecule has 0 spiro atoms. The third kappa shape index (κ3) is 7.02. The van der Waals surface area contributed by atoms with Crippen LogP contribution in [0.2, 0.25) is 6.04 Å². The summed E-state index contributed by atoms with van der Waals surface area (Å²) >= 11 is 0. The highest BCUT2D eigenvalue weighted by Crippen LogP contribution is 2.41. The van der Waals surface area contributed by atoms with E-state index >= 15 is 0 Å². The van der Waals surface area contributed by atoms with Crippen LogP contribution in [0, 0.1) is 0 Å². The monoisotopic (exact) mass is 424 g/mol. The molecule has 7 nitrogen and oxygen atoms in total. The first-order valence-electron chi connectivity index (χ1n) is 9.79. The molecule has 1 aliphatic heterocycles. The Balaban J connectivity index is 0.000000636. The summed E-state index contributed by atoms with van der Waals surface area (Å²) < 4.78 is 39.1. The standard InChI is InChI=1S/C13H28O4Si.C5H12O3Si/c1-5-14-13(15-6-2)11-9-10-12-18(13,16-7-3)17-8-4;1-5-9(6-2,7-3)8-4/h5-12H2,1-4H3;5H,1H2,2-4H3. The van der Waals surface area contributed by atoms with Gasteiger partial charge in [-0.1, -0.05) is 13.0 Å². The lowest BCUT2D eigenvalue weighted by molar-refractivity contribution is -0.211. The molecule has 0 atom stereocenters. The highest BCUT2D eigenvalue weighted by atomic mass is 28.4. The van der Waals surface area contributed by atoms with E-state index < -0.39 is 22.8 Å². The number of hydrogen-bond acceptors (Lipinski definition) is 7. The Morgan fingerprint density at radius 3 is 1.63 bits per heavy atom. The van der Waals surface area contributed by atoms with Crippen molar-refractivity contribution < 1.29 is 31.6 Å². The fraction of sp³-hybridized carbons (Fsp3) is 0.889.